The molecule has 0 aliphatic carbocycles. The number of likely N-dealkylation sites (tertiary alicyclic amines) is 1. The molecule has 1 fully saturated rings. The predicted octanol–water partition coefficient (Wildman–Crippen LogP) is 2.41. The van der Waals surface area contributed by atoms with Crippen LogP contribution in [0.1, 0.15) is 0 Å². The minimum atomic E-state index is -3.47. The van der Waals surface area contributed by atoms with E-state index in [-0.39, 0.29) is 30.5 Å². The molecular formula is C18H18ClNO5S. The molecule has 0 radical (unpaired) electrons. The van der Waals surface area contributed by atoms with Crippen LogP contribution in [0, 0.1) is 0 Å². The lowest BCUT2D eigenvalue weighted by atomic mass is 10.2. The van der Waals surface area contributed by atoms with Crippen molar-refractivity contribution in [3.05, 3.63) is 53.6 Å². The van der Waals surface area contributed by atoms with Gasteiger partial charge in [-0.1, -0.05) is 11.6 Å². The summed E-state index contributed by atoms with van der Waals surface area (Å²) in [7, 11) is -1.95. The number of ether oxygens (including phenoxy) is 2. The number of carbonyl (C=O) groups excluding carboxylic acids is 1. The average Bonchev–Trinajstić information content (AvgIpc) is 2.60. The molecule has 6 nitrogen and oxygen atoms in total. The summed E-state index contributed by atoms with van der Waals surface area (Å²) in [6, 6.07) is 12.9. The Bertz CT molecular complexity index is 875. The second-order valence-corrected chi connectivity index (χ2v) is 8.55. The first-order chi connectivity index (χ1) is 12.4. The van der Waals surface area contributed by atoms with E-state index in [9.17, 15) is 13.2 Å². The average molecular weight is 396 g/mol. The lowest BCUT2D eigenvalue weighted by Crippen LogP contribution is -2.57. The Morgan fingerprint density at radius 2 is 1.65 bits per heavy atom. The normalized spacial score (nSPS) is 14.6. The molecule has 1 aliphatic heterocycles. The van der Waals surface area contributed by atoms with Crippen molar-refractivity contribution >= 4 is 27.3 Å². The molecular weight excluding hydrogens is 378 g/mol. The van der Waals surface area contributed by atoms with E-state index >= 15 is 0 Å². The van der Waals surface area contributed by atoms with Gasteiger partial charge in [-0.2, -0.15) is 0 Å². The SMILES string of the molecule is COc1ccc(S(=O)(=O)C2CN(C(=O)COc3ccc(Cl)cc3)C2)cc1. The van der Waals surface area contributed by atoms with Crippen LogP contribution in [0.3, 0.4) is 0 Å². The van der Waals surface area contributed by atoms with E-state index in [0.29, 0.717) is 16.5 Å². The van der Waals surface area contributed by atoms with Crippen molar-refractivity contribution in [3.63, 3.8) is 0 Å². The zero-order valence-corrected chi connectivity index (χ0v) is 15.7. The Labute approximate surface area is 157 Å². The van der Waals surface area contributed by atoms with Crippen molar-refractivity contribution in [1.82, 2.24) is 4.90 Å². The molecule has 3 rings (SSSR count). The van der Waals surface area contributed by atoms with Crippen LogP contribution in [0.5, 0.6) is 11.5 Å². The third-order valence-electron chi connectivity index (χ3n) is 4.20. The first-order valence-corrected chi connectivity index (χ1v) is 9.86. The second-order valence-electron chi connectivity index (χ2n) is 5.88. The summed E-state index contributed by atoms with van der Waals surface area (Å²) >= 11 is 5.79. The van der Waals surface area contributed by atoms with Gasteiger partial charge in [0.1, 0.15) is 16.7 Å². The van der Waals surface area contributed by atoms with Crippen molar-refractivity contribution in [2.75, 3.05) is 26.8 Å². The van der Waals surface area contributed by atoms with Gasteiger partial charge in [0.15, 0.2) is 16.4 Å². The van der Waals surface area contributed by atoms with Gasteiger partial charge in [0, 0.05) is 18.1 Å². The van der Waals surface area contributed by atoms with Gasteiger partial charge >= 0.3 is 0 Å². The van der Waals surface area contributed by atoms with Crippen molar-refractivity contribution in [1.29, 1.82) is 0 Å². The van der Waals surface area contributed by atoms with Crippen LogP contribution in [0.15, 0.2) is 53.4 Å². The predicted molar refractivity (Wildman–Crippen MR) is 97.5 cm³/mol. The lowest BCUT2D eigenvalue weighted by Gasteiger charge is -2.38. The van der Waals surface area contributed by atoms with Crippen LogP contribution in [0.2, 0.25) is 5.02 Å². The number of hydrogen-bond acceptors (Lipinski definition) is 5. The van der Waals surface area contributed by atoms with Gasteiger partial charge < -0.3 is 14.4 Å². The zero-order chi connectivity index (χ0) is 18.7. The van der Waals surface area contributed by atoms with Gasteiger partial charge in [0.2, 0.25) is 0 Å². The minimum absolute atomic E-state index is 0.142. The van der Waals surface area contributed by atoms with Crippen LogP contribution < -0.4 is 9.47 Å². The third-order valence-corrected chi connectivity index (χ3v) is 6.56. The number of carbonyl (C=O) groups is 1. The molecule has 0 saturated carbocycles. The van der Waals surface area contributed by atoms with E-state index < -0.39 is 15.1 Å². The summed E-state index contributed by atoms with van der Waals surface area (Å²) in [4.78, 5) is 13.8. The van der Waals surface area contributed by atoms with Crippen molar-refractivity contribution in [3.8, 4) is 11.5 Å². The van der Waals surface area contributed by atoms with Gasteiger partial charge in [-0.05, 0) is 48.5 Å². The Hall–Kier alpha value is -2.25. The van der Waals surface area contributed by atoms with E-state index in [4.69, 9.17) is 21.1 Å². The summed E-state index contributed by atoms with van der Waals surface area (Å²) in [5, 5.41) is -0.0200. The highest BCUT2D eigenvalue weighted by molar-refractivity contribution is 7.92. The summed E-state index contributed by atoms with van der Waals surface area (Å²) < 4.78 is 35.6. The Morgan fingerprint density at radius 3 is 2.23 bits per heavy atom. The van der Waals surface area contributed by atoms with Gasteiger partial charge in [-0.3, -0.25) is 4.79 Å². The van der Waals surface area contributed by atoms with Crippen molar-refractivity contribution in [2.45, 2.75) is 10.1 Å². The van der Waals surface area contributed by atoms with Crippen LogP contribution in [-0.2, 0) is 14.6 Å². The Morgan fingerprint density at radius 1 is 1.08 bits per heavy atom. The molecule has 26 heavy (non-hydrogen) atoms. The fourth-order valence-corrected chi connectivity index (χ4v) is 4.34. The number of benzene rings is 2. The molecule has 1 heterocycles. The third kappa shape index (κ3) is 3.94. The highest BCUT2D eigenvalue weighted by atomic mass is 35.5. The van der Waals surface area contributed by atoms with E-state index in [2.05, 4.69) is 0 Å². The standard InChI is InChI=1S/C18H18ClNO5S/c1-24-14-6-8-16(9-7-14)26(22,23)17-10-20(11-17)18(21)12-25-15-4-2-13(19)3-5-15/h2-9,17H,10-12H2,1H3. The molecule has 138 valence electrons. The molecule has 2 aromatic rings. The highest BCUT2D eigenvalue weighted by Gasteiger charge is 2.40. The first-order valence-electron chi connectivity index (χ1n) is 7.94. The van der Waals surface area contributed by atoms with Gasteiger partial charge in [0.05, 0.1) is 12.0 Å². The fourth-order valence-electron chi connectivity index (χ4n) is 2.56. The van der Waals surface area contributed by atoms with E-state index in [0.717, 1.165) is 0 Å². The maximum atomic E-state index is 12.6. The summed E-state index contributed by atoms with van der Waals surface area (Å²) in [5.74, 6) is 0.875. The molecule has 0 unspecified atom stereocenters. The zero-order valence-electron chi connectivity index (χ0n) is 14.1. The quantitative estimate of drug-likeness (QED) is 0.751. The highest BCUT2D eigenvalue weighted by Crippen LogP contribution is 2.25. The van der Waals surface area contributed by atoms with Gasteiger partial charge in [0.25, 0.3) is 5.91 Å². The van der Waals surface area contributed by atoms with Crippen molar-refractivity contribution < 1.29 is 22.7 Å². The lowest BCUT2D eigenvalue weighted by molar-refractivity contribution is -0.136. The maximum absolute atomic E-state index is 12.6. The molecule has 2 aromatic carbocycles. The topological polar surface area (TPSA) is 72.9 Å². The molecule has 8 heteroatoms. The van der Waals surface area contributed by atoms with Crippen LogP contribution in [0.4, 0.5) is 0 Å². The molecule has 0 N–H and O–H groups in total. The van der Waals surface area contributed by atoms with E-state index in [1.165, 1.54) is 24.1 Å². The molecule has 0 atom stereocenters. The minimum Gasteiger partial charge on any atom is -0.497 e. The number of nitrogens with zero attached hydrogens (tertiary/aromatic N) is 1. The Balaban J connectivity index is 1.53. The molecule has 0 spiro atoms. The number of amides is 1. The van der Waals surface area contributed by atoms with Crippen LogP contribution in [0.25, 0.3) is 0 Å². The summed E-state index contributed by atoms with van der Waals surface area (Å²) in [6.45, 7) is 0.186. The van der Waals surface area contributed by atoms with Crippen LogP contribution >= 0.6 is 11.6 Å². The molecule has 0 bridgehead atoms. The number of rotatable bonds is 6. The largest absolute Gasteiger partial charge is 0.497 e. The Kier molecular flexibility index (Phi) is 5.38. The monoisotopic (exact) mass is 395 g/mol. The summed E-state index contributed by atoms with van der Waals surface area (Å²) in [6.07, 6.45) is 0. The van der Waals surface area contributed by atoms with Crippen LogP contribution in [-0.4, -0.2) is 51.3 Å². The number of sulfone groups is 1. The van der Waals surface area contributed by atoms with Gasteiger partial charge in [-0.15, -0.1) is 0 Å². The molecule has 1 saturated heterocycles. The second kappa shape index (κ2) is 7.55. The van der Waals surface area contributed by atoms with Crippen molar-refractivity contribution in [2.24, 2.45) is 0 Å². The molecule has 1 amide bonds. The number of hydrogen-bond donors (Lipinski definition) is 0. The smallest absolute Gasteiger partial charge is 0.260 e. The number of methoxy groups -OCH3 is 1. The molecule has 0 aromatic heterocycles. The fraction of sp³-hybridized carbons (Fsp3) is 0.278. The first kappa shape index (κ1) is 18.5. The number of halogens is 1. The van der Waals surface area contributed by atoms with E-state index in [1.807, 2.05) is 0 Å². The van der Waals surface area contributed by atoms with Gasteiger partial charge in [-0.25, -0.2) is 8.42 Å². The summed E-state index contributed by atoms with van der Waals surface area (Å²) in [5.41, 5.74) is 0. The molecule has 1 aliphatic rings. The maximum Gasteiger partial charge on any atom is 0.260 e. The van der Waals surface area contributed by atoms with E-state index in [1.54, 1.807) is 36.4 Å².